The van der Waals surface area contributed by atoms with Crippen molar-refractivity contribution in [1.82, 2.24) is 9.55 Å². The third-order valence-electron chi connectivity index (χ3n) is 4.47. The summed E-state index contributed by atoms with van der Waals surface area (Å²) in [5.41, 5.74) is 0.650. The Balaban J connectivity index is 1.56. The number of carbonyl (C=O) groups is 1. The zero-order chi connectivity index (χ0) is 20.4. The first-order chi connectivity index (χ1) is 14.1. The highest BCUT2D eigenvalue weighted by atomic mass is 16.6. The van der Waals surface area contributed by atoms with E-state index in [9.17, 15) is 9.59 Å². The molecule has 0 spiro atoms. The molecule has 2 aromatic carbocycles. The van der Waals surface area contributed by atoms with Gasteiger partial charge in [0.2, 0.25) is 5.91 Å². The van der Waals surface area contributed by atoms with Crippen molar-refractivity contribution < 1.29 is 23.7 Å². The topological polar surface area (TPSA) is 101 Å². The lowest BCUT2D eigenvalue weighted by Gasteiger charge is -2.19. The Hall–Kier alpha value is -3.75. The zero-order valence-electron chi connectivity index (χ0n) is 15.9. The Labute approximate surface area is 165 Å². The summed E-state index contributed by atoms with van der Waals surface area (Å²) in [5, 5.41) is 3.08. The van der Waals surface area contributed by atoms with Crippen molar-refractivity contribution in [2.24, 2.45) is 0 Å². The molecule has 1 aliphatic heterocycles. The molecule has 0 unspecified atom stereocenters. The minimum atomic E-state index is -0.370. The molecule has 0 atom stereocenters. The molecule has 9 heteroatoms. The summed E-state index contributed by atoms with van der Waals surface area (Å²) in [6, 6.07) is 8.30. The van der Waals surface area contributed by atoms with E-state index in [4.69, 9.17) is 18.9 Å². The van der Waals surface area contributed by atoms with Crippen LogP contribution in [-0.4, -0.2) is 42.9 Å². The van der Waals surface area contributed by atoms with E-state index < -0.39 is 0 Å². The summed E-state index contributed by atoms with van der Waals surface area (Å²) >= 11 is 0. The number of hydrogen-bond acceptors (Lipinski definition) is 7. The highest BCUT2D eigenvalue weighted by Gasteiger charge is 2.15. The number of methoxy groups -OCH3 is 2. The van der Waals surface area contributed by atoms with E-state index in [1.807, 2.05) is 0 Å². The van der Waals surface area contributed by atoms with Gasteiger partial charge in [0.25, 0.3) is 5.56 Å². The van der Waals surface area contributed by atoms with Gasteiger partial charge in [0.1, 0.15) is 19.8 Å². The second-order valence-corrected chi connectivity index (χ2v) is 6.31. The van der Waals surface area contributed by atoms with E-state index in [2.05, 4.69) is 10.3 Å². The molecule has 9 nitrogen and oxygen atoms in total. The number of nitrogens with one attached hydrogen (secondary N) is 1. The second-order valence-electron chi connectivity index (χ2n) is 6.31. The van der Waals surface area contributed by atoms with E-state index in [0.29, 0.717) is 52.8 Å². The van der Waals surface area contributed by atoms with Gasteiger partial charge in [0, 0.05) is 17.8 Å². The van der Waals surface area contributed by atoms with Crippen LogP contribution < -0.4 is 29.8 Å². The van der Waals surface area contributed by atoms with Crippen molar-refractivity contribution in [3.63, 3.8) is 0 Å². The van der Waals surface area contributed by atoms with Crippen molar-refractivity contribution >= 4 is 22.5 Å². The maximum atomic E-state index is 12.8. The van der Waals surface area contributed by atoms with Crippen LogP contribution in [0.2, 0.25) is 0 Å². The first-order valence-corrected chi connectivity index (χ1v) is 8.89. The first kappa shape index (κ1) is 18.6. The fourth-order valence-corrected chi connectivity index (χ4v) is 3.07. The van der Waals surface area contributed by atoms with E-state index in [1.165, 1.54) is 25.1 Å². The van der Waals surface area contributed by atoms with Crippen LogP contribution in [0.25, 0.3) is 10.9 Å². The number of benzene rings is 2. The van der Waals surface area contributed by atoms with E-state index in [1.54, 1.807) is 30.3 Å². The summed E-state index contributed by atoms with van der Waals surface area (Å²) in [5.74, 6) is 1.72. The number of fused-ring (bicyclic) bond motifs is 2. The Morgan fingerprint density at radius 3 is 2.59 bits per heavy atom. The quantitative estimate of drug-likeness (QED) is 0.701. The third kappa shape index (κ3) is 3.66. The van der Waals surface area contributed by atoms with Crippen LogP contribution in [0.5, 0.6) is 23.0 Å². The molecular weight excluding hydrogens is 378 g/mol. The van der Waals surface area contributed by atoms with E-state index in [-0.39, 0.29) is 18.0 Å². The van der Waals surface area contributed by atoms with Crippen LogP contribution in [0.3, 0.4) is 0 Å². The summed E-state index contributed by atoms with van der Waals surface area (Å²) in [6.07, 6.45) is 1.33. The highest BCUT2D eigenvalue weighted by molar-refractivity contribution is 5.91. The minimum Gasteiger partial charge on any atom is -0.493 e. The van der Waals surface area contributed by atoms with Crippen molar-refractivity contribution in [3.05, 3.63) is 47.0 Å². The van der Waals surface area contributed by atoms with Crippen molar-refractivity contribution in [1.29, 1.82) is 0 Å². The molecule has 1 aromatic heterocycles. The Bertz CT molecular complexity index is 1140. The van der Waals surface area contributed by atoms with Gasteiger partial charge < -0.3 is 24.3 Å². The van der Waals surface area contributed by atoms with Gasteiger partial charge in [-0.3, -0.25) is 14.2 Å². The molecule has 2 heterocycles. The van der Waals surface area contributed by atoms with Gasteiger partial charge >= 0.3 is 0 Å². The maximum absolute atomic E-state index is 12.8. The van der Waals surface area contributed by atoms with Gasteiger partial charge in [-0.05, 0) is 18.2 Å². The molecule has 4 rings (SSSR count). The number of amides is 1. The minimum absolute atomic E-state index is 0.190. The number of hydrogen-bond donors (Lipinski definition) is 1. The van der Waals surface area contributed by atoms with Gasteiger partial charge in [0.05, 0.1) is 31.4 Å². The SMILES string of the molecule is COc1cc2ncn(CC(=O)Nc3ccc4c(c3)OCCO4)c(=O)c2cc1OC. The monoisotopic (exact) mass is 397 g/mol. The lowest BCUT2D eigenvalue weighted by Crippen LogP contribution is -2.28. The fraction of sp³-hybridized carbons (Fsp3) is 0.250. The number of anilines is 1. The first-order valence-electron chi connectivity index (χ1n) is 8.89. The smallest absolute Gasteiger partial charge is 0.261 e. The number of nitrogens with zero attached hydrogens (tertiary/aromatic N) is 2. The van der Waals surface area contributed by atoms with Crippen LogP contribution >= 0.6 is 0 Å². The lowest BCUT2D eigenvalue weighted by molar-refractivity contribution is -0.116. The second kappa shape index (κ2) is 7.70. The Morgan fingerprint density at radius 2 is 1.83 bits per heavy atom. The molecule has 3 aromatic rings. The van der Waals surface area contributed by atoms with Crippen LogP contribution in [0, 0.1) is 0 Å². The van der Waals surface area contributed by atoms with Crippen LogP contribution in [-0.2, 0) is 11.3 Å². The summed E-state index contributed by atoms with van der Waals surface area (Å²) in [4.78, 5) is 29.5. The molecule has 1 N–H and O–H groups in total. The fourth-order valence-electron chi connectivity index (χ4n) is 3.07. The van der Waals surface area contributed by atoms with Gasteiger partial charge in [-0.2, -0.15) is 0 Å². The molecule has 1 amide bonds. The van der Waals surface area contributed by atoms with Crippen molar-refractivity contribution in [2.75, 3.05) is 32.8 Å². The van der Waals surface area contributed by atoms with Gasteiger partial charge in [0.15, 0.2) is 23.0 Å². The molecule has 1 aliphatic rings. The van der Waals surface area contributed by atoms with Crippen LogP contribution in [0.1, 0.15) is 0 Å². The molecule has 0 fully saturated rings. The third-order valence-corrected chi connectivity index (χ3v) is 4.47. The van der Waals surface area contributed by atoms with Crippen LogP contribution in [0.15, 0.2) is 41.5 Å². The number of rotatable bonds is 5. The molecule has 29 heavy (non-hydrogen) atoms. The summed E-state index contributed by atoms with van der Waals surface area (Å²) < 4.78 is 22.7. The van der Waals surface area contributed by atoms with Crippen molar-refractivity contribution in [2.45, 2.75) is 6.54 Å². The Morgan fingerprint density at radius 1 is 1.10 bits per heavy atom. The summed E-state index contributed by atoms with van der Waals surface area (Å²) in [6.45, 7) is 0.759. The number of aromatic nitrogens is 2. The lowest BCUT2D eigenvalue weighted by atomic mass is 10.2. The largest absolute Gasteiger partial charge is 0.493 e. The normalized spacial score (nSPS) is 12.5. The van der Waals surface area contributed by atoms with Gasteiger partial charge in [-0.25, -0.2) is 4.98 Å². The molecule has 0 aliphatic carbocycles. The number of carbonyl (C=O) groups excluding carboxylic acids is 1. The predicted molar refractivity (Wildman–Crippen MR) is 105 cm³/mol. The van der Waals surface area contributed by atoms with E-state index >= 15 is 0 Å². The standard InChI is InChI=1S/C20H19N3O6/c1-26-16-8-13-14(9-17(16)27-2)21-11-23(20(13)25)10-19(24)22-12-3-4-15-18(7-12)29-6-5-28-15/h3-4,7-9,11H,5-6,10H2,1-2H3,(H,22,24). The summed E-state index contributed by atoms with van der Waals surface area (Å²) in [7, 11) is 2.99. The number of ether oxygens (including phenoxy) is 4. The molecular formula is C20H19N3O6. The predicted octanol–water partition coefficient (Wildman–Crippen LogP) is 1.82. The molecule has 0 saturated carbocycles. The highest BCUT2D eigenvalue weighted by Crippen LogP contribution is 2.32. The molecule has 0 saturated heterocycles. The van der Waals surface area contributed by atoms with Gasteiger partial charge in [-0.1, -0.05) is 0 Å². The van der Waals surface area contributed by atoms with E-state index in [0.717, 1.165) is 0 Å². The van der Waals surface area contributed by atoms with Crippen LogP contribution in [0.4, 0.5) is 5.69 Å². The Kier molecular flexibility index (Phi) is 4.94. The average Bonchev–Trinajstić information content (AvgIpc) is 2.74. The average molecular weight is 397 g/mol. The molecule has 0 bridgehead atoms. The molecule has 150 valence electrons. The van der Waals surface area contributed by atoms with Crippen molar-refractivity contribution in [3.8, 4) is 23.0 Å². The molecule has 0 radical (unpaired) electrons. The maximum Gasteiger partial charge on any atom is 0.261 e. The van der Waals surface area contributed by atoms with Gasteiger partial charge in [-0.15, -0.1) is 0 Å². The zero-order valence-corrected chi connectivity index (χ0v) is 15.9.